The fourth-order valence-electron chi connectivity index (χ4n) is 0.664. The zero-order valence-electron chi connectivity index (χ0n) is 7.17. The molecule has 7 heteroatoms. The molecule has 0 saturated heterocycles. The summed E-state index contributed by atoms with van der Waals surface area (Å²) < 4.78 is 8.51. The van der Waals surface area contributed by atoms with E-state index in [1.54, 1.807) is 5.55 Å². The Morgan fingerprint density at radius 3 is 3.08 bits per heavy atom. The molecular weight excluding hydrogens is 210 g/mol. The Morgan fingerprint density at radius 2 is 2.54 bits per heavy atom. The van der Waals surface area contributed by atoms with Crippen molar-refractivity contribution in [2.45, 2.75) is 6.42 Å². The maximum Gasteiger partial charge on any atom is 0.306 e. The summed E-state index contributed by atoms with van der Waals surface area (Å²) in [6, 6.07) is 0. The molecular formula is C6H11N3O2S2. The number of carbonyl (C=O) groups is 1. The van der Waals surface area contributed by atoms with Crippen LogP contribution in [0.1, 0.15) is 6.42 Å². The van der Waals surface area contributed by atoms with Gasteiger partial charge in [0.25, 0.3) is 0 Å². The average Bonchev–Trinajstić information content (AvgIpc) is 2.52. The van der Waals surface area contributed by atoms with E-state index in [0.29, 0.717) is 12.2 Å². The lowest BCUT2D eigenvalue weighted by Crippen LogP contribution is -2.06. The fourth-order valence-corrected chi connectivity index (χ4v) is 3.47. The monoisotopic (exact) mass is 221 g/mol. The number of hydrogen-bond donors (Lipinski definition) is 1. The maximum absolute atomic E-state index is 10.8. The maximum atomic E-state index is 10.8. The van der Waals surface area contributed by atoms with Gasteiger partial charge in [-0.05, 0) is 9.43 Å². The van der Waals surface area contributed by atoms with Gasteiger partial charge < -0.3 is 4.74 Å². The molecule has 0 bridgehead atoms. The molecule has 1 aliphatic rings. The van der Waals surface area contributed by atoms with Crippen LogP contribution in [0.5, 0.6) is 0 Å². The predicted octanol–water partition coefficient (Wildman–Crippen LogP) is 0.861. The summed E-state index contributed by atoms with van der Waals surface area (Å²) in [5.74, 6) is 0.386. The summed E-state index contributed by atoms with van der Waals surface area (Å²) in [5.41, 5.74) is 1.63. The van der Waals surface area contributed by atoms with Crippen LogP contribution >= 0.6 is 20.2 Å². The lowest BCUT2D eigenvalue weighted by Gasteiger charge is -2.20. The molecule has 74 valence electrons. The van der Waals surface area contributed by atoms with Gasteiger partial charge in [0.1, 0.15) is 6.34 Å². The van der Waals surface area contributed by atoms with Gasteiger partial charge in [0.05, 0.1) is 19.1 Å². The van der Waals surface area contributed by atoms with Crippen LogP contribution in [-0.2, 0) is 9.53 Å². The Kier molecular flexibility index (Phi) is 3.76. The van der Waals surface area contributed by atoms with Crippen molar-refractivity contribution in [3.63, 3.8) is 0 Å². The second kappa shape index (κ2) is 4.64. The Balaban J connectivity index is 2.23. The molecule has 1 heterocycles. The number of methoxy groups -OCH3 is 1. The summed E-state index contributed by atoms with van der Waals surface area (Å²) in [6.45, 7) is 0. The number of ether oxygens (including phenoxy) is 1. The van der Waals surface area contributed by atoms with Crippen LogP contribution in [0.15, 0.2) is 9.39 Å². The SMILES string of the molecule is COC(=O)CCSS1(N)C=NC=N1. The van der Waals surface area contributed by atoms with E-state index in [2.05, 4.69) is 14.1 Å². The van der Waals surface area contributed by atoms with E-state index in [9.17, 15) is 4.79 Å². The van der Waals surface area contributed by atoms with Crippen LogP contribution in [0.2, 0.25) is 0 Å². The van der Waals surface area contributed by atoms with Crippen molar-refractivity contribution in [1.29, 1.82) is 0 Å². The topological polar surface area (TPSA) is 77.0 Å². The molecule has 0 saturated carbocycles. The summed E-state index contributed by atoms with van der Waals surface area (Å²) >= 11 is 0. The van der Waals surface area contributed by atoms with E-state index in [4.69, 9.17) is 5.14 Å². The van der Waals surface area contributed by atoms with E-state index in [-0.39, 0.29) is 5.97 Å². The van der Waals surface area contributed by atoms with Crippen molar-refractivity contribution >= 4 is 38.1 Å². The molecule has 13 heavy (non-hydrogen) atoms. The van der Waals surface area contributed by atoms with Gasteiger partial charge in [-0.3, -0.25) is 9.93 Å². The van der Waals surface area contributed by atoms with E-state index >= 15 is 0 Å². The summed E-state index contributed by atoms with van der Waals surface area (Å²) in [7, 11) is 1.19. The van der Waals surface area contributed by atoms with E-state index in [1.807, 2.05) is 0 Å². The quantitative estimate of drug-likeness (QED) is 0.564. The van der Waals surface area contributed by atoms with Gasteiger partial charge in [0.15, 0.2) is 0 Å². The van der Waals surface area contributed by atoms with Crippen LogP contribution in [0.4, 0.5) is 0 Å². The highest BCUT2D eigenvalue weighted by atomic mass is 33.2. The minimum atomic E-state index is -1.62. The normalized spacial score (nSPS) is 30.0. The van der Waals surface area contributed by atoms with E-state index in [1.165, 1.54) is 24.2 Å². The molecule has 0 aromatic heterocycles. The molecule has 0 spiro atoms. The van der Waals surface area contributed by atoms with Gasteiger partial charge in [0, 0.05) is 5.75 Å². The number of rotatable bonds is 4. The third kappa shape index (κ3) is 3.37. The van der Waals surface area contributed by atoms with Crippen LogP contribution < -0.4 is 5.14 Å². The van der Waals surface area contributed by atoms with Crippen molar-refractivity contribution in [2.24, 2.45) is 14.5 Å². The van der Waals surface area contributed by atoms with Crippen molar-refractivity contribution in [1.82, 2.24) is 0 Å². The smallest absolute Gasteiger partial charge is 0.306 e. The third-order valence-corrected chi connectivity index (χ3v) is 5.04. The van der Waals surface area contributed by atoms with E-state index in [0.717, 1.165) is 0 Å². The first-order valence-corrected chi connectivity index (χ1v) is 6.77. The lowest BCUT2D eigenvalue weighted by molar-refractivity contribution is -0.140. The van der Waals surface area contributed by atoms with Crippen molar-refractivity contribution in [3.8, 4) is 0 Å². The summed E-state index contributed by atoms with van der Waals surface area (Å²) in [5, 5.41) is 5.83. The zero-order chi connectivity index (χ0) is 9.73. The molecule has 0 aromatic rings. The molecule has 5 nitrogen and oxygen atoms in total. The zero-order valence-corrected chi connectivity index (χ0v) is 8.81. The Labute approximate surface area is 81.8 Å². The number of carbonyl (C=O) groups excluding carboxylic acids is 1. The second-order valence-corrected chi connectivity index (χ2v) is 6.84. The summed E-state index contributed by atoms with van der Waals surface area (Å²) in [4.78, 5) is 14.6. The highest BCUT2D eigenvalue weighted by Gasteiger charge is 2.18. The largest absolute Gasteiger partial charge is 0.469 e. The number of esters is 1. The average molecular weight is 221 g/mol. The molecule has 0 aliphatic carbocycles. The molecule has 0 radical (unpaired) electrons. The first-order chi connectivity index (χ1) is 6.16. The van der Waals surface area contributed by atoms with Gasteiger partial charge in [0.2, 0.25) is 0 Å². The molecule has 0 amide bonds. The van der Waals surface area contributed by atoms with E-state index < -0.39 is 9.43 Å². The van der Waals surface area contributed by atoms with Crippen LogP contribution in [-0.4, -0.2) is 30.7 Å². The van der Waals surface area contributed by atoms with Gasteiger partial charge in [-0.2, -0.15) is 4.40 Å². The number of aliphatic imine (C=N–C) groups is 1. The first-order valence-electron chi connectivity index (χ1n) is 3.55. The van der Waals surface area contributed by atoms with Crippen molar-refractivity contribution in [3.05, 3.63) is 0 Å². The molecule has 2 N–H and O–H groups in total. The second-order valence-electron chi connectivity index (χ2n) is 2.24. The number of nitrogens with zero attached hydrogens (tertiary/aromatic N) is 2. The highest BCUT2D eigenvalue weighted by Crippen LogP contribution is 2.53. The Morgan fingerprint density at radius 1 is 1.77 bits per heavy atom. The number of nitrogens with two attached hydrogens (primary N) is 1. The minimum Gasteiger partial charge on any atom is -0.469 e. The highest BCUT2D eigenvalue weighted by molar-refractivity contribution is 8.98. The number of hydrogen-bond acceptors (Lipinski definition) is 6. The molecule has 1 unspecified atom stereocenters. The van der Waals surface area contributed by atoms with Crippen LogP contribution in [0, 0.1) is 0 Å². The molecule has 0 aromatic carbocycles. The molecule has 1 atom stereocenters. The first kappa shape index (κ1) is 10.6. The van der Waals surface area contributed by atoms with Gasteiger partial charge >= 0.3 is 5.97 Å². The Bertz CT molecular complexity index is 242. The summed E-state index contributed by atoms with van der Waals surface area (Å²) in [6.07, 6.45) is 1.80. The van der Waals surface area contributed by atoms with Crippen LogP contribution in [0.3, 0.4) is 0 Å². The van der Waals surface area contributed by atoms with Gasteiger partial charge in [-0.15, -0.1) is 0 Å². The fraction of sp³-hybridized carbons (Fsp3) is 0.500. The molecule has 1 rings (SSSR count). The van der Waals surface area contributed by atoms with Gasteiger partial charge in [-0.1, -0.05) is 10.8 Å². The molecule has 1 aliphatic heterocycles. The third-order valence-electron chi connectivity index (χ3n) is 1.30. The minimum absolute atomic E-state index is 0.227. The standard InChI is InChI=1S/C6H11N3O2S2/c1-11-6(10)2-3-12-13(7)5-8-4-9-13/h4-5H,2-3,7H2,1H3. The Hall–Kier alpha value is -0.530. The van der Waals surface area contributed by atoms with Crippen LogP contribution in [0.25, 0.3) is 0 Å². The van der Waals surface area contributed by atoms with Crippen molar-refractivity contribution < 1.29 is 9.53 Å². The predicted molar refractivity (Wildman–Crippen MR) is 57.9 cm³/mol. The lowest BCUT2D eigenvalue weighted by atomic mass is 10.5. The van der Waals surface area contributed by atoms with Gasteiger partial charge in [-0.25, -0.2) is 4.99 Å². The molecule has 0 fully saturated rings. The van der Waals surface area contributed by atoms with Crippen molar-refractivity contribution in [2.75, 3.05) is 12.9 Å².